The van der Waals surface area contributed by atoms with Crippen molar-refractivity contribution >= 4 is 5.97 Å². The number of hydrogen-bond donors (Lipinski definition) is 0. The number of carbonyl (C=O) groups is 1. The van der Waals surface area contributed by atoms with Crippen molar-refractivity contribution in [3.05, 3.63) is 0 Å². The molecule has 1 heterocycles. The van der Waals surface area contributed by atoms with Crippen LogP contribution in [-0.2, 0) is 33.2 Å². The van der Waals surface area contributed by atoms with E-state index >= 15 is 0 Å². The zero-order chi connectivity index (χ0) is 18.7. The summed E-state index contributed by atoms with van der Waals surface area (Å²) < 4.78 is 32.8. The molecular weight excluding hydrogens is 340 g/mol. The Bertz CT molecular complexity index is 309. The highest BCUT2D eigenvalue weighted by molar-refractivity contribution is 5.69. The molecule has 0 radical (unpaired) electrons. The second kappa shape index (κ2) is 17.7. The fraction of sp³-hybridized carbons (Fsp3) is 0.947. The second-order valence-corrected chi connectivity index (χ2v) is 6.25. The van der Waals surface area contributed by atoms with Crippen LogP contribution in [0, 0.1) is 0 Å². The lowest BCUT2D eigenvalue weighted by atomic mass is 10.1. The fourth-order valence-corrected chi connectivity index (χ4v) is 2.42. The molecule has 0 aliphatic carbocycles. The Morgan fingerprint density at radius 1 is 0.808 bits per heavy atom. The average molecular weight is 376 g/mol. The molecule has 154 valence electrons. The summed E-state index contributed by atoms with van der Waals surface area (Å²) in [5.41, 5.74) is 0. The van der Waals surface area contributed by atoms with Crippen LogP contribution in [0.2, 0.25) is 0 Å². The van der Waals surface area contributed by atoms with E-state index in [1.165, 1.54) is 19.3 Å². The largest absolute Gasteiger partial charge is 0.463 e. The van der Waals surface area contributed by atoms with Gasteiger partial charge < -0.3 is 28.4 Å². The summed E-state index contributed by atoms with van der Waals surface area (Å²) >= 11 is 0. The molecule has 1 atom stereocenters. The molecule has 0 aromatic rings. The minimum absolute atomic E-state index is 0.169. The Morgan fingerprint density at radius 2 is 1.38 bits per heavy atom. The van der Waals surface area contributed by atoms with Gasteiger partial charge in [0.25, 0.3) is 0 Å². The van der Waals surface area contributed by atoms with E-state index in [1.807, 2.05) is 0 Å². The molecular formula is C19H36O7. The second-order valence-electron chi connectivity index (χ2n) is 6.25. The Morgan fingerprint density at radius 3 is 2.04 bits per heavy atom. The molecule has 7 nitrogen and oxygen atoms in total. The van der Waals surface area contributed by atoms with Crippen LogP contribution in [0.5, 0.6) is 0 Å². The van der Waals surface area contributed by atoms with Crippen LogP contribution in [0.1, 0.15) is 45.4 Å². The summed E-state index contributed by atoms with van der Waals surface area (Å²) in [4.78, 5) is 11.8. The standard InChI is InChI=1S/C19H36O7/c1-2-3-4-5-6-7-19(20)26-17-18-16-24-13-12-22-9-8-21-10-11-23-14-15-25-18/h18H,2-17H2,1H3. The van der Waals surface area contributed by atoms with E-state index in [0.717, 1.165) is 12.8 Å². The lowest BCUT2D eigenvalue weighted by Gasteiger charge is -2.18. The first-order valence-electron chi connectivity index (χ1n) is 9.91. The molecule has 0 N–H and O–H groups in total. The van der Waals surface area contributed by atoms with Crippen molar-refractivity contribution in [1.29, 1.82) is 0 Å². The van der Waals surface area contributed by atoms with Crippen molar-refractivity contribution in [2.45, 2.75) is 51.6 Å². The highest BCUT2D eigenvalue weighted by Gasteiger charge is 2.13. The number of rotatable bonds is 8. The van der Waals surface area contributed by atoms with E-state index in [1.54, 1.807) is 0 Å². The monoisotopic (exact) mass is 376 g/mol. The third-order valence-electron chi connectivity index (χ3n) is 3.92. The van der Waals surface area contributed by atoms with Crippen molar-refractivity contribution in [2.75, 3.05) is 66.1 Å². The summed E-state index contributed by atoms with van der Waals surface area (Å²) in [5, 5.41) is 0. The zero-order valence-corrected chi connectivity index (χ0v) is 16.2. The van der Waals surface area contributed by atoms with Gasteiger partial charge in [-0.15, -0.1) is 0 Å². The van der Waals surface area contributed by atoms with Gasteiger partial charge in [-0.05, 0) is 6.42 Å². The summed E-state index contributed by atoms with van der Waals surface area (Å²) in [6.07, 6.45) is 5.74. The SMILES string of the molecule is CCCCCCCC(=O)OCC1COCCOCCOCCOCCO1. The van der Waals surface area contributed by atoms with Crippen LogP contribution < -0.4 is 0 Å². The molecule has 7 heteroatoms. The normalized spacial score (nSPS) is 21.5. The molecule has 1 rings (SSSR count). The number of hydrogen-bond acceptors (Lipinski definition) is 7. The maximum Gasteiger partial charge on any atom is 0.305 e. The van der Waals surface area contributed by atoms with E-state index in [4.69, 9.17) is 28.4 Å². The number of ether oxygens (including phenoxy) is 6. The van der Waals surface area contributed by atoms with Crippen molar-refractivity contribution in [3.8, 4) is 0 Å². The number of carbonyl (C=O) groups excluding carboxylic acids is 1. The molecule has 1 aliphatic heterocycles. The maximum absolute atomic E-state index is 11.8. The maximum atomic E-state index is 11.8. The Balaban J connectivity index is 2.20. The summed E-state index contributed by atoms with van der Waals surface area (Å²) in [7, 11) is 0. The van der Waals surface area contributed by atoms with E-state index in [9.17, 15) is 4.79 Å². The van der Waals surface area contributed by atoms with Gasteiger partial charge in [-0.25, -0.2) is 0 Å². The molecule has 0 bridgehead atoms. The van der Waals surface area contributed by atoms with Crippen molar-refractivity contribution < 1.29 is 33.2 Å². The molecule has 0 aromatic heterocycles. The van der Waals surface area contributed by atoms with Gasteiger partial charge in [0, 0.05) is 6.42 Å². The van der Waals surface area contributed by atoms with E-state index < -0.39 is 0 Å². The third kappa shape index (κ3) is 14.4. The fourth-order valence-electron chi connectivity index (χ4n) is 2.42. The zero-order valence-electron chi connectivity index (χ0n) is 16.2. The van der Waals surface area contributed by atoms with E-state index in [-0.39, 0.29) is 18.7 Å². The number of unbranched alkanes of at least 4 members (excludes halogenated alkanes) is 4. The van der Waals surface area contributed by atoms with Gasteiger partial charge >= 0.3 is 5.97 Å². The average Bonchev–Trinajstić information content (AvgIpc) is 2.65. The predicted octanol–water partition coefficient (Wildman–Crippen LogP) is 2.36. The Kier molecular flexibility index (Phi) is 15.8. The van der Waals surface area contributed by atoms with Gasteiger partial charge in [-0.1, -0.05) is 32.6 Å². The van der Waals surface area contributed by atoms with Crippen LogP contribution in [0.15, 0.2) is 0 Å². The highest BCUT2D eigenvalue weighted by atomic mass is 16.6. The van der Waals surface area contributed by atoms with Crippen LogP contribution in [0.25, 0.3) is 0 Å². The summed E-state index contributed by atoms with van der Waals surface area (Å²) in [6, 6.07) is 0. The van der Waals surface area contributed by atoms with E-state index in [2.05, 4.69) is 6.92 Å². The van der Waals surface area contributed by atoms with Crippen LogP contribution in [-0.4, -0.2) is 78.1 Å². The molecule has 1 saturated heterocycles. The van der Waals surface area contributed by atoms with Crippen LogP contribution >= 0.6 is 0 Å². The number of esters is 1. The lowest BCUT2D eigenvalue weighted by Crippen LogP contribution is -2.29. The van der Waals surface area contributed by atoms with Crippen molar-refractivity contribution in [3.63, 3.8) is 0 Å². The molecule has 0 amide bonds. The minimum atomic E-state index is -0.288. The molecule has 0 saturated carbocycles. The summed E-state index contributed by atoms with van der Waals surface area (Å²) in [5.74, 6) is -0.169. The van der Waals surface area contributed by atoms with Gasteiger partial charge in [0.1, 0.15) is 12.7 Å². The van der Waals surface area contributed by atoms with Gasteiger partial charge in [0.15, 0.2) is 0 Å². The first-order valence-corrected chi connectivity index (χ1v) is 9.91. The lowest BCUT2D eigenvalue weighted by molar-refractivity contribution is -0.150. The van der Waals surface area contributed by atoms with Gasteiger partial charge in [0.05, 0.1) is 59.5 Å². The molecule has 26 heavy (non-hydrogen) atoms. The van der Waals surface area contributed by atoms with Gasteiger partial charge in [-0.3, -0.25) is 4.79 Å². The molecule has 0 spiro atoms. The molecule has 0 aromatic carbocycles. The smallest absolute Gasteiger partial charge is 0.305 e. The first-order chi connectivity index (χ1) is 12.8. The minimum Gasteiger partial charge on any atom is -0.463 e. The topological polar surface area (TPSA) is 72.5 Å². The van der Waals surface area contributed by atoms with Gasteiger partial charge in [0.2, 0.25) is 0 Å². The predicted molar refractivity (Wildman–Crippen MR) is 97.4 cm³/mol. The highest BCUT2D eigenvalue weighted by Crippen LogP contribution is 2.06. The molecule has 1 aliphatic rings. The molecule has 1 fully saturated rings. The Hall–Kier alpha value is -0.730. The van der Waals surface area contributed by atoms with E-state index in [0.29, 0.717) is 65.9 Å². The quantitative estimate of drug-likeness (QED) is 0.476. The third-order valence-corrected chi connectivity index (χ3v) is 3.92. The van der Waals surface area contributed by atoms with Crippen LogP contribution in [0.4, 0.5) is 0 Å². The van der Waals surface area contributed by atoms with Gasteiger partial charge in [-0.2, -0.15) is 0 Å². The first kappa shape index (κ1) is 23.3. The Labute approximate surface area is 157 Å². The van der Waals surface area contributed by atoms with Crippen LogP contribution in [0.3, 0.4) is 0 Å². The summed E-state index contributed by atoms with van der Waals surface area (Å²) in [6.45, 7) is 6.79. The molecule has 1 unspecified atom stereocenters. The van der Waals surface area contributed by atoms with Crippen molar-refractivity contribution in [1.82, 2.24) is 0 Å². The van der Waals surface area contributed by atoms with Crippen molar-refractivity contribution in [2.24, 2.45) is 0 Å².